The zero-order valence-corrected chi connectivity index (χ0v) is 17.5. The highest BCUT2D eigenvalue weighted by Crippen LogP contribution is 2.24. The van der Waals surface area contributed by atoms with Crippen molar-refractivity contribution in [2.45, 2.75) is 40.2 Å². The summed E-state index contributed by atoms with van der Waals surface area (Å²) in [5.74, 6) is -0.0783. The van der Waals surface area contributed by atoms with E-state index in [1.807, 2.05) is 20.8 Å². The lowest BCUT2D eigenvalue weighted by Gasteiger charge is -2.31. The minimum absolute atomic E-state index is 0.0522. The molecule has 2 aromatic rings. The van der Waals surface area contributed by atoms with E-state index in [1.54, 1.807) is 36.4 Å². The summed E-state index contributed by atoms with van der Waals surface area (Å²) in [6.07, 6.45) is 0.0522. The van der Waals surface area contributed by atoms with Gasteiger partial charge in [-0.3, -0.25) is 9.59 Å². The highest BCUT2D eigenvalue weighted by Gasteiger charge is 2.27. The third kappa shape index (κ3) is 6.31. The number of Topliss-reactive ketones (excluding diaryl/α,β-unsaturated/α-hetero) is 1. The number of para-hydroxylation sites is 1. The summed E-state index contributed by atoms with van der Waals surface area (Å²) in [7, 11) is 1.52. The van der Waals surface area contributed by atoms with Crippen LogP contribution in [-0.2, 0) is 11.2 Å². The van der Waals surface area contributed by atoms with Crippen molar-refractivity contribution in [3.05, 3.63) is 59.4 Å². The van der Waals surface area contributed by atoms with Crippen molar-refractivity contribution in [3.63, 3.8) is 0 Å². The van der Waals surface area contributed by atoms with Crippen LogP contribution in [-0.4, -0.2) is 31.4 Å². The Balaban J connectivity index is 2.11. The molecular weight excluding hydrogens is 373 g/mol. The van der Waals surface area contributed by atoms with Crippen molar-refractivity contribution < 1.29 is 23.5 Å². The van der Waals surface area contributed by atoms with Crippen LogP contribution >= 0.6 is 0 Å². The van der Waals surface area contributed by atoms with E-state index in [4.69, 9.17) is 9.47 Å². The Morgan fingerprint density at radius 3 is 2.38 bits per heavy atom. The number of hydrogen-bond donors (Lipinski definition) is 1. The fraction of sp³-hybridized carbons (Fsp3) is 0.391. The maximum absolute atomic E-state index is 13.8. The van der Waals surface area contributed by atoms with Crippen LogP contribution in [0.15, 0.2) is 42.5 Å². The van der Waals surface area contributed by atoms with Crippen LogP contribution in [0.5, 0.6) is 11.5 Å². The molecule has 0 aliphatic rings. The second kappa shape index (κ2) is 9.54. The third-order valence-electron chi connectivity index (χ3n) is 4.66. The van der Waals surface area contributed by atoms with Gasteiger partial charge in [0.2, 0.25) is 5.91 Å². The highest BCUT2D eigenvalue weighted by molar-refractivity contribution is 5.94. The zero-order chi connectivity index (χ0) is 21.6. The van der Waals surface area contributed by atoms with Crippen LogP contribution in [0.25, 0.3) is 0 Å². The van der Waals surface area contributed by atoms with Gasteiger partial charge in [-0.1, -0.05) is 32.9 Å². The molecule has 0 fully saturated rings. The smallest absolute Gasteiger partial charge is 0.224 e. The number of halogens is 1. The summed E-state index contributed by atoms with van der Waals surface area (Å²) in [4.78, 5) is 24.4. The average Bonchev–Trinajstić information content (AvgIpc) is 2.65. The Morgan fingerprint density at radius 2 is 1.79 bits per heavy atom. The summed E-state index contributed by atoms with van der Waals surface area (Å²) in [6.45, 7) is 7.51. The van der Waals surface area contributed by atoms with E-state index in [-0.39, 0.29) is 41.9 Å². The lowest BCUT2D eigenvalue weighted by Crippen LogP contribution is -2.48. The molecule has 0 heterocycles. The fourth-order valence-corrected chi connectivity index (χ4v) is 2.80. The molecule has 0 aromatic heterocycles. The molecule has 0 saturated carbocycles. The number of hydrogen-bond acceptors (Lipinski definition) is 4. The summed E-state index contributed by atoms with van der Waals surface area (Å²) in [5.41, 5.74) is 0.830. The lowest BCUT2D eigenvalue weighted by molar-refractivity contribution is -0.122. The molecule has 0 radical (unpaired) electrons. The monoisotopic (exact) mass is 401 g/mol. The molecule has 1 unspecified atom stereocenters. The number of benzene rings is 2. The minimum Gasteiger partial charge on any atom is -0.496 e. The number of ether oxygens (including phenoxy) is 2. The first kappa shape index (κ1) is 22.4. The molecule has 6 heteroatoms. The number of amides is 1. The van der Waals surface area contributed by atoms with Crippen molar-refractivity contribution in [3.8, 4) is 11.5 Å². The van der Waals surface area contributed by atoms with Gasteiger partial charge in [-0.15, -0.1) is 0 Å². The number of carbonyl (C=O) groups excluding carboxylic acids is 2. The Labute approximate surface area is 171 Å². The van der Waals surface area contributed by atoms with Crippen molar-refractivity contribution >= 4 is 11.7 Å². The van der Waals surface area contributed by atoms with E-state index >= 15 is 0 Å². The van der Waals surface area contributed by atoms with Gasteiger partial charge in [-0.25, -0.2) is 4.39 Å². The molecule has 0 aliphatic heterocycles. The molecule has 0 saturated heterocycles. The summed E-state index contributed by atoms with van der Waals surface area (Å²) in [5, 5.41) is 2.97. The predicted octanol–water partition coefficient (Wildman–Crippen LogP) is 4.19. The first-order valence-corrected chi connectivity index (χ1v) is 9.46. The van der Waals surface area contributed by atoms with E-state index in [2.05, 4.69) is 5.32 Å². The molecule has 2 aromatic carbocycles. The van der Waals surface area contributed by atoms with Gasteiger partial charge in [-0.2, -0.15) is 0 Å². The van der Waals surface area contributed by atoms with E-state index in [9.17, 15) is 14.0 Å². The first-order chi connectivity index (χ1) is 13.6. The molecule has 29 heavy (non-hydrogen) atoms. The minimum atomic E-state index is -0.447. The number of carbonyl (C=O) groups is 2. The topological polar surface area (TPSA) is 64.6 Å². The van der Waals surface area contributed by atoms with Gasteiger partial charge < -0.3 is 14.8 Å². The Morgan fingerprint density at radius 1 is 1.10 bits per heavy atom. The number of nitrogens with one attached hydrogen (secondary N) is 1. The summed E-state index contributed by atoms with van der Waals surface area (Å²) < 4.78 is 24.7. The molecule has 2 rings (SSSR count). The van der Waals surface area contributed by atoms with Crippen LogP contribution in [0.2, 0.25) is 0 Å². The number of methoxy groups -OCH3 is 1. The maximum Gasteiger partial charge on any atom is 0.224 e. The van der Waals surface area contributed by atoms with Gasteiger partial charge in [0.25, 0.3) is 0 Å². The summed E-state index contributed by atoms with van der Waals surface area (Å²) in [6, 6.07) is 10.8. The Kier molecular flexibility index (Phi) is 7.37. The molecule has 1 N–H and O–H groups in total. The van der Waals surface area contributed by atoms with E-state index < -0.39 is 5.82 Å². The van der Waals surface area contributed by atoms with Crippen molar-refractivity contribution in [2.24, 2.45) is 5.41 Å². The van der Waals surface area contributed by atoms with E-state index in [0.29, 0.717) is 16.9 Å². The van der Waals surface area contributed by atoms with E-state index in [0.717, 1.165) is 0 Å². The molecule has 0 bridgehead atoms. The van der Waals surface area contributed by atoms with Crippen LogP contribution in [0, 0.1) is 11.2 Å². The second-order valence-electron chi connectivity index (χ2n) is 7.99. The van der Waals surface area contributed by atoms with Crippen molar-refractivity contribution in [1.82, 2.24) is 5.32 Å². The molecule has 0 aliphatic carbocycles. The van der Waals surface area contributed by atoms with Crippen LogP contribution in [0.3, 0.4) is 0 Å². The van der Waals surface area contributed by atoms with Gasteiger partial charge >= 0.3 is 0 Å². The molecule has 0 spiro atoms. The SMILES string of the molecule is COc1ccc(C(C)=O)cc1CC(=O)NC(COc1ccccc1F)C(C)(C)C. The molecule has 1 amide bonds. The quantitative estimate of drug-likeness (QED) is 0.674. The number of ketones is 1. The first-order valence-electron chi connectivity index (χ1n) is 9.46. The van der Waals surface area contributed by atoms with Crippen LogP contribution < -0.4 is 14.8 Å². The van der Waals surface area contributed by atoms with Gasteiger partial charge in [-0.05, 0) is 42.7 Å². The Bertz CT molecular complexity index is 873. The average molecular weight is 401 g/mol. The normalized spacial score (nSPS) is 12.2. The zero-order valence-electron chi connectivity index (χ0n) is 17.5. The van der Waals surface area contributed by atoms with Gasteiger partial charge in [0, 0.05) is 11.1 Å². The summed E-state index contributed by atoms with van der Waals surface area (Å²) >= 11 is 0. The van der Waals surface area contributed by atoms with Gasteiger partial charge in [0.15, 0.2) is 17.3 Å². The lowest BCUT2D eigenvalue weighted by atomic mass is 9.87. The number of rotatable bonds is 8. The predicted molar refractivity (Wildman–Crippen MR) is 110 cm³/mol. The van der Waals surface area contributed by atoms with E-state index in [1.165, 1.54) is 20.1 Å². The van der Waals surface area contributed by atoms with Crippen molar-refractivity contribution in [1.29, 1.82) is 0 Å². The highest BCUT2D eigenvalue weighted by atomic mass is 19.1. The fourth-order valence-electron chi connectivity index (χ4n) is 2.80. The van der Waals surface area contributed by atoms with Gasteiger partial charge in [0.05, 0.1) is 19.6 Å². The van der Waals surface area contributed by atoms with Crippen LogP contribution in [0.4, 0.5) is 4.39 Å². The molecule has 1 atom stereocenters. The van der Waals surface area contributed by atoms with Crippen molar-refractivity contribution in [2.75, 3.05) is 13.7 Å². The maximum atomic E-state index is 13.8. The molecular formula is C23H28FNO4. The van der Waals surface area contributed by atoms with Gasteiger partial charge in [0.1, 0.15) is 12.4 Å². The van der Waals surface area contributed by atoms with Crippen LogP contribution in [0.1, 0.15) is 43.6 Å². The molecule has 156 valence electrons. The third-order valence-corrected chi connectivity index (χ3v) is 4.66. The second-order valence-corrected chi connectivity index (χ2v) is 7.99. The molecule has 5 nitrogen and oxygen atoms in total. The largest absolute Gasteiger partial charge is 0.496 e. The standard InChI is InChI=1S/C23H28FNO4/c1-15(26)16-10-11-19(28-5)17(12-16)13-22(27)25-21(23(2,3)4)14-29-20-9-7-6-8-18(20)24/h6-12,21H,13-14H2,1-5H3,(H,25,27). The Hall–Kier alpha value is -2.89.